The van der Waals surface area contributed by atoms with E-state index in [9.17, 15) is 18.0 Å². The summed E-state index contributed by atoms with van der Waals surface area (Å²) in [7, 11) is -3.69. The van der Waals surface area contributed by atoms with Crippen molar-refractivity contribution in [3.8, 4) is 11.5 Å². The fourth-order valence-corrected chi connectivity index (χ4v) is 4.46. The minimum absolute atomic E-state index is 0.0362. The molecule has 2 amide bonds. The number of ether oxygens (including phenoxy) is 2. The molecule has 1 unspecified atom stereocenters. The Kier molecular flexibility index (Phi) is 5.40. The SMILES string of the molecule is CC1(C(=O)Nc2ccc3c(c2)OCCO3)CN(S(C)(=O)=O)CC(=O)N1Cc1ccco1. The first kappa shape index (κ1) is 21.2. The molecule has 11 heteroatoms. The number of benzene rings is 1. The van der Waals surface area contributed by atoms with Crippen molar-refractivity contribution in [1.29, 1.82) is 0 Å². The highest BCUT2D eigenvalue weighted by Gasteiger charge is 2.49. The fourth-order valence-electron chi connectivity index (χ4n) is 3.63. The zero-order valence-corrected chi connectivity index (χ0v) is 18.0. The second-order valence-corrected chi connectivity index (χ2v) is 9.66. The Labute approximate surface area is 179 Å². The summed E-state index contributed by atoms with van der Waals surface area (Å²) in [6.45, 7) is 1.90. The topological polar surface area (TPSA) is 118 Å². The van der Waals surface area contributed by atoms with Crippen molar-refractivity contribution in [1.82, 2.24) is 9.21 Å². The van der Waals surface area contributed by atoms with Gasteiger partial charge in [-0.25, -0.2) is 8.42 Å². The fraction of sp³-hybridized carbons (Fsp3) is 0.400. The average molecular weight is 449 g/mol. The molecule has 0 bridgehead atoms. The Bertz CT molecular complexity index is 1100. The molecule has 1 N–H and O–H groups in total. The van der Waals surface area contributed by atoms with Gasteiger partial charge in [0.15, 0.2) is 11.5 Å². The van der Waals surface area contributed by atoms with Gasteiger partial charge in [-0.2, -0.15) is 4.31 Å². The van der Waals surface area contributed by atoms with Crippen molar-refractivity contribution in [2.24, 2.45) is 0 Å². The van der Waals surface area contributed by atoms with Crippen LogP contribution in [0.2, 0.25) is 0 Å². The second kappa shape index (κ2) is 7.89. The Morgan fingerprint density at radius 1 is 1.19 bits per heavy atom. The molecular formula is C20H23N3O7S. The number of hydrogen-bond donors (Lipinski definition) is 1. The number of rotatable bonds is 5. The van der Waals surface area contributed by atoms with Crippen LogP contribution in [-0.2, 0) is 26.2 Å². The molecule has 0 aliphatic carbocycles. The van der Waals surface area contributed by atoms with Gasteiger partial charge in [-0.1, -0.05) is 0 Å². The first-order valence-corrected chi connectivity index (χ1v) is 11.5. The van der Waals surface area contributed by atoms with Gasteiger partial charge in [0.05, 0.1) is 25.6 Å². The lowest BCUT2D eigenvalue weighted by molar-refractivity contribution is -0.151. The van der Waals surface area contributed by atoms with Crippen molar-refractivity contribution in [2.45, 2.75) is 19.0 Å². The van der Waals surface area contributed by atoms with E-state index in [1.54, 1.807) is 37.3 Å². The van der Waals surface area contributed by atoms with E-state index >= 15 is 0 Å². The second-order valence-electron chi connectivity index (χ2n) is 7.68. The zero-order chi connectivity index (χ0) is 22.2. The number of sulfonamides is 1. The van der Waals surface area contributed by atoms with Crippen molar-refractivity contribution in [3.63, 3.8) is 0 Å². The number of amides is 2. The van der Waals surface area contributed by atoms with Gasteiger partial charge in [0.2, 0.25) is 15.9 Å². The summed E-state index contributed by atoms with van der Waals surface area (Å²) in [6, 6.07) is 8.34. The highest BCUT2D eigenvalue weighted by molar-refractivity contribution is 7.88. The minimum Gasteiger partial charge on any atom is -0.486 e. The molecule has 0 radical (unpaired) electrons. The van der Waals surface area contributed by atoms with E-state index in [-0.39, 0.29) is 19.6 Å². The standard InChI is InChI=1S/C20H23N3O7S/c1-20(19(25)21-14-5-6-16-17(10-14)30-9-8-29-16)13-22(31(2,26)27)12-18(24)23(20)11-15-4-3-7-28-15/h3-7,10H,8-9,11-13H2,1-2H3,(H,21,25). The van der Waals surface area contributed by atoms with Crippen LogP contribution >= 0.6 is 0 Å². The van der Waals surface area contributed by atoms with Gasteiger partial charge in [0.25, 0.3) is 5.91 Å². The average Bonchev–Trinajstić information content (AvgIpc) is 3.23. The first-order chi connectivity index (χ1) is 14.7. The quantitative estimate of drug-likeness (QED) is 0.725. The Balaban J connectivity index is 1.64. The molecule has 1 saturated heterocycles. The molecule has 4 rings (SSSR count). The lowest BCUT2D eigenvalue weighted by atomic mass is 9.95. The number of piperazine rings is 1. The highest BCUT2D eigenvalue weighted by Crippen LogP contribution is 2.34. The van der Waals surface area contributed by atoms with Crippen LogP contribution in [-0.4, -0.2) is 67.5 Å². The maximum Gasteiger partial charge on any atom is 0.251 e. The normalized spacial score (nSPS) is 21.7. The number of nitrogens with one attached hydrogen (secondary N) is 1. The molecule has 1 fully saturated rings. The molecule has 10 nitrogen and oxygen atoms in total. The van der Waals surface area contributed by atoms with Crippen LogP contribution in [0.15, 0.2) is 41.0 Å². The number of carbonyl (C=O) groups excluding carboxylic acids is 2. The number of nitrogens with zero attached hydrogens (tertiary/aromatic N) is 2. The number of anilines is 1. The Morgan fingerprint density at radius 2 is 1.94 bits per heavy atom. The van der Waals surface area contributed by atoms with Crippen LogP contribution in [0, 0.1) is 0 Å². The van der Waals surface area contributed by atoms with E-state index in [0.29, 0.717) is 36.2 Å². The van der Waals surface area contributed by atoms with Crippen LogP contribution in [0.1, 0.15) is 12.7 Å². The van der Waals surface area contributed by atoms with Crippen molar-refractivity contribution < 1.29 is 31.9 Å². The molecule has 1 atom stereocenters. The molecular weight excluding hydrogens is 426 g/mol. The Morgan fingerprint density at radius 3 is 2.61 bits per heavy atom. The van der Waals surface area contributed by atoms with Crippen LogP contribution in [0.25, 0.3) is 0 Å². The largest absolute Gasteiger partial charge is 0.486 e. The third-order valence-electron chi connectivity index (χ3n) is 5.34. The minimum atomic E-state index is -3.69. The predicted molar refractivity (Wildman–Crippen MR) is 110 cm³/mol. The van der Waals surface area contributed by atoms with Gasteiger partial charge in [-0.3, -0.25) is 9.59 Å². The van der Waals surface area contributed by atoms with E-state index in [1.165, 1.54) is 11.2 Å². The van der Waals surface area contributed by atoms with Crippen LogP contribution in [0.4, 0.5) is 5.69 Å². The van der Waals surface area contributed by atoms with Crippen molar-refractivity contribution in [2.75, 3.05) is 37.9 Å². The third-order valence-corrected chi connectivity index (χ3v) is 6.54. The summed E-state index contributed by atoms with van der Waals surface area (Å²) in [5.41, 5.74) is -1.03. The molecule has 0 saturated carbocycles. The number of furan rings is 1. The van der Waals surface area contributed by atoms with Crippen LogP contribution in [0.3, 0.4) is 0 Å². The summed E-state index contributed by atoms with van der Waals surface area (Å²) in [5.74, 6) is 0.537. The monoisotopic (exact) mass is 449 g/mol. The van der Waals surface area contributed by atoms with Gasteiger partial charge in [0, 0.05) is 18.3 Å². The maximum atomic E-state index is 13.4. The molecule has 1 aromatic heterocycles. The summed E-state index contributed by atoms with van der Waals surface area (Å²) >= 11 is 0. The molecule has 1 aromatic carbocycles. The van der Waals surface area contributed by atoms with Gasteiger partial charge in [0.1, 0.15) is 24.5 Å². The Hall–Kier alpha value is -3.05. The van der Waals surface area contributed by atoms with E-state index in [0.717, 1.165) is 10.6 Å². The molecule has 2 aliphatic heterocycles. The van der Waals surface area contributed by atoms with Gasteiger partial charge in [-0.05, 0) is 31.2 Å². The van der Waals surface area contributed by atoms with E-state index in [2.05, 4.69) is 5.32 Å². The van der Waals surface area contributed by atoms with Crippen molar-refractivity contribution >= 4 is 27.5 Å². The van der Waals surface area contributed by atoms with Crippen LogP contribution < -0.4 is 14.8 Å². The maximum absolute atomic E-state index is 13.4. The molecule has 31 heavy (non-hydrogen) atoms. The third kappa shape index (κ3) is 4.23. The summed E-state index contributed by atoms with van der Waals surface area (Å²) < 4.78 is 41.7. The molecule has 0 spiro atoms. The summed E-state index contributed by atoms with van der Waals surface area (Å²) in [6.07, 6.45) is 2.49. The van der Waals surface area contributed by atoms with Crippen LogP contribution in [0.5, 0.6) is 11.5 Å². The van der Waals surface area contributed by atoms with Gasteiger partial charge >= 0.3 is 0 Å². The predicted octanol–water partition coefficient (Wildman–Crippen LogP) is 1.05. The molecule has 2 aromatic rings. The highest BCUT2D eigenvalue weighted by atomic mass is 32.2. The van der Waals surface area contributed by atoms with Gasteiger partial charge < -0.3 is 24.1 Å². The van der Waals surface area contributed by atoms with Crippen molar-refractivity contribution in [3.05, 3.63) is 42.4 Å². The molecule has 3 heterocycles. The lowest BCUT2D eigenvalue weighted by Gasteiger charge is -2.46. The van der Waals surface area contributed by atoms with Gasteiger partial charge in [-0.15, -0.1) is 0 Å². The summed E-state index contributed by atoms with van der Waals surface area (Å²) in [5, 5.41) is 2.78. The van der Waals surface area contributed by atoms with E-state index in [1.807, 2.05) is 0 Å². The lowest BCUT2D eigenvalue weighted by Crippen LogP contribution is -2.68. The van der Waals surface area contributed by atoms with E-state index in [4.69, 9.17) is 13.9 Å². The summed E-state index contributed by atoms with van der Waals surface area (Å²) in [4.78, 5) is 27.6. The number of hydrogen-bond acceptors (Lipinski definition) is 7. The molecule has 166 valence electrons. The smallest absolute Gasteiger partial charge is 0.251 e. The number of fused-ring (bicyclic) bond motifs is 1. The first-order valence-electron chi connectivity index (χ1n) is 9.66. The van der Waals surface area contributed by atoms with E-state index < -0.39 is 27.4 Å². The molecule has 2 aliphatic rings. The zero-order valence-electron chi connectivity index (χ0n) is 17.2. The number of carbonyl (C=O) groups is 2.